The maximum atomic E-state index is 11.2. The average Bonchev–Trinajstić information content (AvgIpc) is 2.91. The third-order valence-electron chi connectivity index (χ3n) is 3.03. The number of hydrogen-bond donors (Lipinski definition) is 2. The molecule has 1 aromatic carbocycles. The monoisotopic (exact) mass is 311 g/mol. The average molecular weight is 311 g/mol. The topological polar surface area (TPSA) is 85.1 Å². The van der Waals surface area contributed by atoms with Crippen LogP contribution in [0.1, 0.15) is 36.5 Å². The van der Waals surface area contributed by atoms with Gasteiger partial charge < -0.3 is 5.32 Å². The maximum absolute atomic E-state index is 11.2. The highest BCUT2D eigenvalue weighted by Gasteiger charge is 2.14. The first kappa shape index (κ1) is 15.1. The van der Waals surface area contributed by atoms with Gasteiger partial charge in [-0.1, -0.05) is 12.1 Å². The number of rotatable bonds is 5. The van der Waals surface area contributed by atoms with Gasteiger partial charge in [0.1, 0.15) is 5.01 Å². The SMILES string of the molecule is CC(NC(C)c1nccs1)c1ccc(S(N)(=O)=O)cc1. The second-order valence-corrected chi connectivity index (χ2v) is 7.08. The van der Waals surface area contributed by atoms with Crippen molar-refractivity contribution in [2.24, 2.45) is 5.14 Å². The Morgan fingerprint density at radius 3 is 2.35 bits per heavy atom. The fourth-order valence-electron chi connectivity index (χ4n) is 1.94. The molecule has 2 aromatic rings. The summed E-state index contributed by atoms with van der Waals surface area (Å²) in [6.07, 6.45) is 1.78. The van der Waals surface area contributed by atoms with E-state index in [4.69, 9.17) is 5.14 Å². The van der Waals surface area contributed by atoms with Crippen molar-refractivity contribution in [2.75, 3.05) is 0 Å². The van der Waals surface area contributed by atoms with Gasteiger partial charge in [0.25, 0.3) is 0 Å². The highest BCUT2D eigenvalue weighted by atomic mass is 32.2. The van der Waals surface area contributed by atoms with Crippen LogP contribution >= 0.6 is 11.3 Å². The Bertz CT molecular complexity index is 651. The van der Waals surface area contributed by atoms with Crippen LogP contribution in [0.5, 0.6) is 0 Å². The summed E-state index contributed by atoms with van der Waals surface area (Å²) in [5, 5.41) is 11.5. The predicted molar refractivity (Wildman–Crippen MR) is 79.9 cm³/mol. The summed E-state index contributed by atoms with van der Waals surface area (Å²) in [5.74, 6) is 0. The molecule has 20 heavy (non-hydrogen) atoms. The van der Waals surface area contributed by atoms with Crippen LogP contribution in [0.2, 0.25) is 0 Å². The van der Waals surface area contributed by atoms with Crippen molar-refractivity contribution in [3.8, 4) is 0 Å². The Kier molecular flexibility index (Phi) is 4.54. The molecular formula is C13H17N3O2S2. The maximum Gasteiger partial charge on any atom is 0.238 e. The fourth-order valence-corrected chi connectivity index (χ4v) is 3.11. The van der Waals surface area contributed by atoms with E-state index >= 15 is 0 Å². The smallest absolute Gasteiger partial charge is 0.238 e. The predicted octanol–water partition coefficient (Wildman–Crippen LogP) is 2.20. The van der Waals surface area contributed by atoms with E-state index in [1.165, 1.54) is 12.1 Å². The van der Waals surface area contributed by atoms with Crippen LogP contribution in [0.3, 0.4) is 0 Å². The molecule has 7 heteroatoms. The van der Waals surface area contributed by atoms with E-state index in [-0.39, 0.29) is 17.0 Å². The zero-order valence-electron chi connectivity index (χ0n) is 11.3. The molecule has 0 aliphatic carbocycles. The molecular weight excluding hydrogens is 294 g/mol. The van der Waals surface area contributed by atoms with Gasteiger partial charge >= 0.3 is 0 Å². The van der Waals surface area contributed by atoms with Crippen LogP contribution < -0.4 is 10.5 Å². The first-order chi connectivity index (χ1) is 9.38. The molecule has 0 aliphatic rings. The van der Waals surface area contributed by atoms with E-state index in [0.29, 0.717) is 0 Å². The molecule has 0 aliphatic heterocycles. The first-order valence-electron chi connectivity index (χ1n) is 6.16. The van der Waals surface area contributed by atoms with Crippen molar-refractivity contribution in [1.82, 2.24) is 10.3 Å². The summed E-state index contributed by atoms with van der Waals surface area (Å²) in [7, 11) is -3.63. The van der Waals surface area contributed by atoms with Crippen LogP contribution in [-0.2, 0) is 10.0 Å². The van der Waals surface area contributed by atoms with Gasteiger partial charge in [-0.05, 0) is 31.5 Å². The number of benzene rings is 1. The number of primary sulfonamides is 1. The van der Waals surface area contributed by atoms with Gasteiger partial charge in [-0.25, -0.2) is 18.5 Å². The number of nitrogens with one attached hydrogen (secondary N) is 1. The third kappa shape index (κ3) is 3.63. The van der Waals surface area contributed by atoms with Crippen molar-refractivity contribution < 1.29 is 8.42 Å². The zero-order valence-corrected chi connectivity index (χ0v) is 12.9. The molecule has 108 valence electrons. The minimum atomic E-state index is -3.63. The Hall–Kier alpha value is -1.28. The normalized spacial score (nSPS) is 14.9. The highest BCUT2D eigenvalue weighted by Crippen LogP contribution is 2.21. The van der Waals surface area contributed by atoms with Gasteiger partial charge in [0.15, 0.2) is 0 Å². The Morgan fingerprint density at radius 2 is 1.85 bits per heavy atom. The van der Waals surface area contributed by atoms with Gasteiger partial charge in [0.2, 0.25) is 10.0 Å². The summed E-state index contributed by atoms with van der Waals surface area (Å²) in [6.45, 7) is 4.07. The van der Waals surface area contributed by atoms with Crippen molar-refractivity contribution >= 4 is 21.4 Å². The van der Waals surface area contributed by atoms with Crippen LogP contribution in [-0.4, -0.2) is 13.4 Å². The Balaban J connectivity index is 2.08. The molecule has 2 atom stereocenters. The minimum absolute atomic E-state index is 0.0865. The van der Waals surface area contributed by atoms with E-state index in [2.05, 4.69) is 10.3 Å². The third-order valence-corrected chi connectivity index (χ3v) is 4.92. The second-order valence-electron chi connectivity index (χ2n) is 4.59. The summed E-state index contributed by atoms with van der Waals surface area (Å²) in [6, 6.07) is 6.82. The van der Waals surface area contributed by atoms with Crippen molar-refractivity contribution in [3.05, 3.63) is 46.4 Å². The van der Waals surface area contributed by atoms with E-state index in [1.807, 2.05) is 19.2 Å². The largest absolute Gasteiger partial charge is 0.302 e. The van der Waals surface area contributed by atoms with Crippen molar-refractivity contribution in [3.63, 3.8) is 0 Å². The van der Waals surface area contributed by atoms with Crippen LogP contribution in [0.4, 0.5) is 0 Å². The number of sulfonamides is 1. The van der Waals surface area contributed by atoms with Gasteiger partial charge in [-0.2, -0.15) is 0 Å². The minimum Gasteiger partial charge on any atom is -0.302 e. The number of aromatic nitrogens is 1. The molecule has 0 radical (unpaired) electrons. The highest BCUT2D eigenvalue weighted by molar-refractivity contribution is 7.89. The van der Waals surface area contributed by atoms with Gasteiger partial charge in [0.05, 0.1) is 10.9 Å². The lowest BCUT2D eigenvalue weighted by Crippen LogP contribution is -2.22. The quantitative estimate of drug-likeness (QED) is 0.886. The number of thiazole rings is 1. The van der Waals surface area contributed by atoms with E-state index < -0.39 is 10.0 Å². The number of hydrogen-bond acceptors (Lipinski definition) is 5. The molecule has 0 bridgehead atoms. The zero-order chi connectivity index (χ0) is 14.8. The molecule has 0 amide bonds. The van der Waals surface area contributed by atoms with Crippen molar-refractivity contribution in [1.29, 1.82) is 0 Å². The molecule has 1 aromatic heterocycles. The van der Waals surface area contributed by atoms with E-state index in [1.54, 1.807) is 29.7 Å². The lowest BCUT2D eigenvalue weighted by molar-refractivity contribution is 0.493. The van der Waals surface area contributed by atoms with E-state index in [0.717, 1.165) is 10.6 Å². The van der Waals surface area contributed by atoms with Crippen LogP contribution in [0.25, 0.3) is 0 Å². The summed E-state index contributed by atoms with van der Waals surface area (Å²) >= 11 is 1.60. The fraction of sp³-hybridized carbons (Fsp3) is 0.308. The number of nitrogens with zero attached hydrogens (tertiary/aromatic N) is 1. The molecule has 0 saturated heterocycles. The number of nitrogens with two attached hydrogens (primary N) is 1. The van der Waals surface area contributed by atoms with Crippen LogP contribution in [0.15, 0.2) is 40.7 Å². The molecule has 2 unspecified atom stereocenters. The molecule has 0 spiro atoms. The molecule has 1 heterocycles. The lowest BCUT2D eigenvalue weighted by Gasteiger charge is -2.19. The van der Waals surface area contributed by atoms with Gasteiger partial charge in [-0.3, -0.25) is 0 Å². The van der Waals surface area contributed by atoms with Crippen molar-refractivity contribution in [2.45, 2.75) is 30.8 Å². The second kappa shape index (κ2) is 6.01. The molecule has 3 N–H and O–H groups in total. The lowest BCUT2D eigenvalue weighted by atomic mass is 10.1. The molecule has 0 fully saturated rings. The molecule has 0 saturated carbocycles. The van der Waals surface area contributed by atoms with Gasteiger partial charge in [0, 0.05) is 17.6 Å². The summed E-state index contributed by atoms with van der Waals surface area (Å²) in [4.78, 5) is 4.40. The Morgan fingerprint density at radius 1 is 1.20 bits per heavy atom. The molecule has 2 rings (SSSR count). The van der Waals surface area contributed by atoms with Crippen LogP contribution in [0, 0.1) is 0 Å². The standard InChI is InChI=1S/C13H17N3O2S2/c1-9(16-10(2)13-15-7-8-19-13)11-3-5-12(6-4-11)20(14,17)18/h3-10,16H,1-2H3,(H2,14,17,18). The summed E-state index contributed by atoms with van der Waals surface area (Å²) in [5.41, 5.74) is 1.00. The Labute approximate surface area is 122 Å². The first-order valence-corrected chi connectivity index (χ1v) is 8.58. The van der Waals surface area contributed by atoms with E-state index in [9.17, 15) is 8.42 Å². The summed E-state index contributed by atoms with van der Waals surface area (Å²) < 4.78 is 22.4. The van der Waals surface area contributed by atoms with Gasteiger partial charge in [-0.15, -0.1) is 11.3 Å². The molecule has 5 nitrogen and oxygen atoms in total.